The first-order chi connectivity index (χ1) is 14.8. The highest BCUT2D eigenvalue weighted by Gasteiger charge is 2.24. The van der Waals surface area contributed by atoms with Crippen molar-refractivity contribution in [3.63, 3.8) is 0 Å². The number of halogens is 1. The normalized spacial score (nSPS) is 14.2. The number of thioether (sulfide) groups is 1. The van der Waals surface area contributed by atoms with Gasteiger partial charge in [0.2, 0.25) is 10.0 Å². The smallest absolute Gasteiger partial charge is 0.260 e. The maximum absolute atomic E-state index is 12.4. The molecule has 31 heavy (non-hydrogen) atoms. The van der Waals surface area contributed by atoms with E-state index in [1.807, 2.05) is 36.0 Å². The predicted octanol–water partition coefficient (Wildman–Crippen LogP) is 2.76. The lowest BCUT2D eigenvalue weighted by Crippen LogP contribution is -2.39. The molecule has 1 aliphatic rings. The lowest BCUT2D eigenvalue weighted by Gasteiger charge is -2.25. The van der Waals surface area contributed by atoms with Crippen molar-refractivity contribution in [1.82, 2.24) is 5.43 Å². The Morgan fingerprint density at radius 1 is 1.32 bits per heavy atom. The molecule has 1 fully saturated rings. The van der Waals surface area contributed by atoms with Gasteiger partial charge in [-0.15, -0.1) is 0 Å². The number of sulfonamides is 1. The molecule has 1 aliphatic heterocycles. The minimum absolute atomic E-state index is 0.163. The molecule has 0 saturated carbocycles. The van der Waals surface area contributed by atoms with Crippen LogP contribution < -0.4 is 19.2 Å². The van der Waals surface area contributed by atoms with Gasteiger partial charge >= 0.3 is 0 Å². The summed E-state index contributed by atoms with van der Waals surface area (Å²) in [4.78, 5) is 12.4. The molecular weight excluding hydrogens is 462 g/mol. The van der Waals surface area contributed by atoms with Crippen molar-refractivity contribution in [2.75, 3.05) is 35.7 Å². The van der Waals surface area contributed by atoms with Crippen LogP contribution in [0.4, 0.5) is 5.69 Å². The maximum atomic E-state index is 12.4. The Kier molecular flexibility index (Phi) is 7.69. The van der Waals surface area contributed by atoms with E-state index >= 15 is 0 Å². The predicted molar refractivity (Wildman–Crippen MR) is 124 cm³/mol. The molecule has 0 atom stereocenters. The number of amides is 1. The van der Waals surface area contributed by atoms with E-state index in [0.29, 0.717) is 5.02 Å². The fraction of sp³-hybridized carbons (Fsp3) is 0.300. The molecule has 0 radical (unpaired) electrons. The maximum Gasteiger partial charge on any atom is 0.260 e. The van der Waals surface area contributed by atoms with Crippen LogP contribution >= 0.6 is 23.4 Å². The number of anilines is 1. The van der Waals surface area contributed by atoms with Crippen LogP contribution in [0.5, 0.6) is 11.5 Å². The van der Waals surface area contributed by atoms with E-state index in [4.69, 9.17) is 21.1 Å². The van der Waals surface area contributed by atoms with Crippen molar-refractivity contribution in [2.24, 2.45) is 5.10 Å². The number of methoxy groups -OCH3 is 1. The summed E-state index contributed by atoms with van der Waals surface area (Å²) in [6.45, 7) is -0.491. The molecule has 2 aromatic rings. The lowest BCUT2D eigenvalue weighted by molar-refractivity contribution is -0.119. The monoisotopic (exact) mass is 483 g/mol. The summed E-state index contributed by atoms with van der Waals surface area (Å²) in [5.41, 5.74) is 3.24. The number of rotatable bonds is 9. The average Bonchev–Trinajstić information content (AvgIpc) is 2.68. The second-order valence-corrected chi connectivity index (χ2v) is 10.1. The Balaban J connectivity index is 1.67. The van der Waals surface area contributed by atoms with Gasteiger partial charge in [-0.25, -0.2) is 13.8 Å². The molecule has 1 saturated heterocycles. The van der Waals surface area contributed by atoms with Gasteiger partial charge in [-0.3, -0.25) is 9.10 Å². The third kappa shape index (κ3) is 6.52. The van der Waals surface area contributed by atoms with Crippen LogP contribution in [0.2, 0.25) is 5.02 Å². The van der Waals surface area contributed by atoms with E-state index in [1.165, 1.54) is 25.5 Å². The topological polar surface area (TPSA) is 97.3 Å². The van der Waals surface area contributed by atoms with Crippen LogP contribution in [0.15, 0.2) is 47.6 Å². The molecule has 2 aromatic carbocycles. The molecule has 1 amide bonds. The third-order valence-electron chi connectivity index (χ3n) is 4.27. The molecule has 0 aromatic heterocycles. The van der Waals surface area contributed by atoms with Crippen LogP contribution in [0.25, 0.3) is 0 Å². The first-order valence-electron chi connectivity index (χ1n) is 9.24. The Hall–Kier alpha value is -2.43. The number of hydrazone groups is 1. The molecule has 8 nitrogen and oxygen atoms in total. The molecule has 11 heteroatoms. The van der Waals surface area contributed by atoms with E-state index in [-0.39, 0.29) is 17.5 Å². The minimum Gasteiger partial charge on any atom is -0.495 e. The highest BCUT2D eigenvalue weighted by Crippen LogP contribution is 2.32. The number of nitrogens with one attached hydrogen (secondary N) is 1. The Labute approximate surface area is 190 Å². The molecule has 3 rings (SSSR count). The molecule has 1 N–H and O–H groups in total. The Bertz CT molecular complexity index is 1070. The van der Waals surface area contributed by atoms with Gasteiger partial charge < -0.3 is 9.47 Å². The van der Waals surface area contributed by atoms with Gasteiger partial charge in [0, 0.05) is 16.5 Å². The highest BCUT2D eigenvalue weighted by atomic mass is 35.5. The fourth-order valence-corrected chi connectivity index (χ4v) is 4.31. The Morgan fingerprint density at radius 3 is 2.74 bits per heavy atom. The van der Waals surface area contributed by atoms with Crippen LogP contribution in [0, 0.1) is 0 Å². The third-order valence-corrected chi connectivity index (χ3v) is 6.84. The van der Waals surface area contributed by atoms with E-state index < -0.39 is 22.5 Å². The number of hydrogen-bond acceptors (Lipinski definition) is 7. The van der Waals surface area contributed by atoms with E-state index in [0.717, 1.165) is 33.4 Å². The second-order valence-electron chi connectivity index (χ2n) is 6.73. The Morgan fingerprint density at radius 2 is 2.10 bits per heavy atom. The van der Waals surface area contributed by atoms with Crippen LogP contribution in [-0.4, -0.2) is 58.1 Å². The zero-order chi connectivity index (χ0) is 22.4. The minimum atomic E-state index is -3.79. The number of carbonyl (C=O) groups excluding carboxylic acids is 1. The lowest BCUT2D eigenvalue weighted by atomic mass is 10.2. The summed E-state index contributed by atoms with van der Waals surface area (Å²) < 4.78 is 36.5. The summed E-state index contributed by atoms with van der Waals surface area (Å²) in [5.74, 6) is 2.33. The van der Waals surface area contributed by atoms with Gasteiger partial charge in [0.15, 0.2) is 0 Å². The number of nitrogens with zero attached hydrogens (tertiary/aromatic N) is 2. The summed E-state index contributed by atoms with van der Waals surface area (Å²) in [7, 11) is -2.39. The molecule has 0 spiro atoms. The largest absolute Gasteiger partial charge is 0.495 e. The SMILES string of the molecule is COc1ccc(Cl)cc1N(CC(=O)N/N=C\c1cccc(OC2CSC2)c1)S(C)(=O)=O. The van der Waals surface area contributed by atoms with Crippen molar-refractivity contribution in [3.8, 4) is 11.5 Å². The number of carbonyl (C=O) groups is 1. The van der Waals surface area contributed by atoms with Crippen LogP contribution in [0.1, 0.15) is 5.56 Å². The van der Waals surface area contributed by atoms with Crippen molar-refractivity contribution in [2.45, 2.75) is 6.10 Å². The van der Waals surface area contributed by atoms with Crippen LogP contribution in [0.3, 0.4) is 0 Å². The van der Waals surface area contributed by atoms with Gasteiger partial charge in [-0.05, 0) is 35.9 Å². The van der Waals surface area contributed by atoms with E-state index in [1.54, 1.807) is 6.07 Å². The molecule has 1 heterocycles. The summed E-state index contributed by atoms with van der Waals surface area (Å²) in [6, 6.07) is 11.8. The molecule has 0 aliphatic carbocycles. The van der Waals surface area contributed by atoms with Gasteiger partial charge in [0.05, 0.1) is 25.3 Å². The van der Waals surface area contributed by atoms with E-state index in [9.17, 15) is 13.2 Å². The molecule has 0 unspecified atom stereocenters. The van der Waals surface area contributed by atoms with Gasteiger partial charge in [-0.1, -0.05) is 23.7 Å². The zero-order valence-corrected chi connectivity index (χ0v) is 19.3. The van der Waals surface area contributed by atoms with Crippen LogP contribution in [-0.2, 0) is 14.8 Å². The number of hydrogen-bond donors (Lipinski definition) is 1. The van der Waals surface area contributed by atoms with Crippen molar-refractivity contribution in [3.05, 3.63) is 53.1 Å². The molecule has 166 valence electrons. The van der Waals surface area contributed by atoms with Crippen molar-refractivity contribution < 1.29 is 22.7 Å². The summed E-state index contributed by atoms with van der Waals surface area (Å²) >= 11 is 7.83. The van der Waals surface area contributed by atoms with Gasteiger partial charge in [0.1, 0.15) is 24.1 Å². The number of ether oxygens (including phenoxy) is 2. The van der Waals surface area contributed by atoms with Crippen molar-refractivity contribution in [1.29, 1.82) is 0 Å². The van der Waals surface area contributed by atoms with Gasteiger partial charge in [-0.2, -0.15) is 16.9 Å². The molecule has 0 bridgehead atoms. The van der Waals surface area contributed by atoms with Gasteiger partial charge in [0.25, 0.3) is 5.91 Å². The fourth-order valence-electron chi connectivity index (χ4n) is 2.73. The average molecular weight is 484 g/mol. The van der Waals surface area contributed by atoms with Crippen molar-refractivity contribution >= 4 is 51.2 Å². The quantitative estimate of drug-likeness (QED) is 0.435. The highest BCUT2D eigenvalue weighted by molar-refractivity contribution is 8.00. The second kappa shape index (κ2) is 10.3. The first-order valence-corrected chi connectivity index (χ1v) is 12.6. The first kappa shape index (κ1) is 23.2. The number of benzene rings is 2. The standard InChI is InChI=1S/C20H22ClN3O5S2/c1-28-19-7-6-15(21)9-18(19)24(31(2,26)27)11-20(25)23-22-10-14-4-3-5-16(8-14)29-17-12-30-13-17/h3-10,17H,11-13H2,1-2H3,(H,23,25)/b22-10-. The molecular formula is C20H22ClN3O5S2. The van der Waals surface area contributed by atoms with E-state index in [2.05, 4.69) is 10.5 Å². The zero-order valence-electron chi connectivity index (χ0n) is 16.9. The summed E-state index contributed by atoms with van der Waals surface area (Å²) in [5, 5.41) is 4.23. The summed E-state index contributed by atoms with van der Waals surface area (Å²) in [6.07, 6.45) is 2.68.